The summed E-state index contributed by atoms with van der Waals surface area (Å²) in [5, 5.41) is 0.929. The molecule has 6 heteroatoms. The van der Waals surface area contributed by atoms with Crippen LogP contribution in [0, 0.1) is 6.92 Å². The Kier molecular flexibility index (Phi) is 4.70. The SMILES string of the molecule is Cc1ncc(N)cc1C(=O)N(C)Cc1cccc(Cl)c1Cl. The number of carbonyl (C=O) groups excluding carboxylic acids is 1. The minimum absolute atomic E-state index is 0.164. The Balaban J connectivity index is 2.24. The number of benzene rings is 1. The van der Waals surface area contributed by atoms with Crippen LogP contribution in [0.5, 0.6) is 0 Å². The molecule has 110 valence electrons. The third-order valence-corrected chi connectivity index (χ3v) is 3.98. The first-order valence-corrected chi connectivity index (χ1v) is 7.06. The Morgan fingerprint density at radius 3 is 2.81 bits per heavy atom. The van der Waals surface area contributed by atoms with Gasteiger partial charge in [-0.25, -0.2) is 0 Å². The molecule has 2 N–H and O–H groups in total. The molecule has 2 rings (SSSR count). The molecule has 0 atom stereocenters. The van der Waals surface area contributed by atoms with Crippen molar-refractivity contribution in [2.75, 3.05) is 12.8 Å². The molecule has 0 aliphatic rings. The molecule has 1 aromatic carbocycles. The van der Waals surface area contributed by atoms with Gasteiger partial charge in [-0.15, -0.1) is 0 Å². The largest absolute Gasteiger partial charge is 0.397 e. The average Bonchev–Trinajstić information content (AvgIpc) is 2.45. The molecule has 0 bridgehead atoms. The van der Waals surface area contributed by atoms with Crippen LogP contribution in [-0.2, 0) is 6.54 Å². The van der Waals surface area contributed by atoms with Gasteiger partial charge in [0.15, 0.2) is 0 Å². The van der Waals surface area contributed by atoms with E-state index in [4.69, 9.17) is 28.9 Å². The van der Waals surface area contributed by atoms with E-state index in [0.717, 1.165) is 5.56 Å². The predicted octanol–water partition coefficient (Wildman–Crippen LogP) is 3.55. The first-order valence-electron chi connectivity index (χ1n) is 6.30. The molecule has 1 heterocycles. The lowest BCUT2D eigenvalue weighted by atomic mass is 10.1. The number of rotatable bonds is 3. The van der Waals surface area contributed by atoms with E-state index in [1.54, 1.807) is 37.1 Å². The maximum atomic E-state index is 12.5. The molecule has 1 amide bonds. The third kappa shape index (κ3) is 3.46. The lowest BCUT2D eigenvalue weighted by Gasteiger charge is -2.19. The normalized spacial score (nSPS) is 10.5. The van der Waals surface area contributed by atoms with E-state index in [1.165, 1.54) is 6.20 Å². The topological polar surface area (TPSA) is 59.2 Å². The van der Waals surface area contributed by atoms with E-state index in [0.29, 0.717) is 33.5 Å². The second kappa shape index (κ2) is 6.33. The van der Waals surface area contributed by atoms with Crippen molar-refractivity contribution in [3.63, 3.8) is 0 Å². The van der Waals surface area contributed by atoms with Crippen LogP contribution in [0.1, 0.15) is 21.6 Å². The van der Waals surface area contributed by atoms with Gasteiger partial charge in [0.1, 0.15) is 0 Å². The van der Waals surface area contributed by atoms with Crippen molar-refractivity contribution in [2.24, 2.45) is 0 Å². The maximum absolute atomic E-state index is 12.5. The standard InChI is InChI=1S/C15H15Cl2N3O/c1-9-12(6-11(18)7-19-9)15(21)20(2)8-10-4-3-5-13(16)14(10)17/h3-7H,8,18H2,1-2H3. The number of halogens is 2. The zero-order valence-corrected chi connectivity index (χ0v) is 13.2. The van der Waals surface area contributed by atoms with Gasteiger partial charge in [-0.3, -0.25) is 9.78 Å². The molecule has 0 fully saturated rings. The lowest BCUT2D eigenvalue weighted by molar-refractivity contribution is 0.0784. The molecule has 0 aliphatic carbocycles. The highest BCUT2D eigenvalue weighted by molar-refractivity contribution is 6.42. The molecule has 0 saturated carbocycles. The van der Waals surface area contributed by atoms with E-state index < -0.39 is 0 Å². The number of carbonyl (C=O) groups is 1. The summed E-state index contributed by atoms with van der Waals surface area (Å²) in [5.74, 6) is -0.164. The van der Waals surface area contributed by atoms with Crippen molar-refractivity contribution < 1.29 is 4.79 Å². The van der Waals surface area contributed by atoms with E-state index in [9.17, 15) is 4.79 Å². The molecule has 0 unspecified atom stereocenters. The van der Waals surface area contributed by atoms with Crippen LogP contribution in [0.2, 0.25) is 10.0 Å². The van der Waals surface area contributed by atoms with Gasteiger partial charge >= 0.3 is 0 Å². The molecule has 4 nitrogen and oxygen atoms in total. The number of hydrogen-bond acceptors (Lipinski definition) is 3. The van der Waals surface area contributed by atoms with Gasteiger partial charge in [-0.05, 0) is 24.6 Å². The Morgan fingerprint density at radius 1 is 1.38 bits per heavy atom. The van der Waals surface area contributed by atoms with Crippen molar-refractivity contribution >= 4 is 34.8 Å². The van der Waals surface area contributed by atoms with Crippen LogP contribution in [0.3, 0.4) is 0 Å². The first kappa shape index (κ1) is 15.6. The number of hydrogen-bond donors (Lipinski definition) is 1. The van der Waals surface area contributed by atoms with Crippen LogP contribution in [0.4, 0.5) is 5.69 Å². The summed E-state index contributed by atoms with van der Waals surface area (Å²) in [4.78, 5) is 18.1. The lowest BCUT2D eigenvalue weighted by Crippen LogP contribution is -2.27. The fraction of sp³-hybridized carbons (Fsp3) is 0.200. The number of nitrogen functional groups attached to an aromatic ring is 1. The van der Waals surface area contributed by atoms with Gasteiger partial charge in [0.05, 0.1) is 33.2 Å². The van der Waals surface area contributed by atoms with Gasteiger partial charge in [-0.1, -0.05) is 35.3 Å². The fourth-order valence-electron chi connectivity index (χ4n) is 1.97. The summed E-state index contributed by atoms with van der Waals surface area (Å²) in [6.45, 7) is 2.12. The molecule has 0 aliphatic heterocycles. The molecule has 0 spiro atoms. The fourth-order valence-corrected chi connectivity index (χ4v) is 2.35. The molecular weight excluding hydrogens is 309 g/mol. The van der Waals surface area contributed by atoms with E-state index in [-0.39, 0.29) is 5.91 Å². The highest BCUT2D eigenvalue weighted by Gasteiger charge is 2.17. The highest BCUT2D eigenvalue weighted by atomic mass is 35.5. The Hall–Kier alpha value is -1.78. The number of nitrogens with zero attached hydrogens (tertiary/aromatic N) is 2. The predicted molar refractivity (Wildman–Crippen MR) is 85.6 cm³/mol. The minimum atomic E-state index is -0.164. The van der Waals surface area contributed by atoms with Gasteiger partial charge in [0.25, 0.3) is 5.91 Å². The summed E-state index contributed by atoms with van der Waals surface area (Å²) in [7, 11) is 1.70. The van der Waals surface area contributed by atoms with Crippen LogP contribution in [0.15, 0.2) is 30.5 Å². The van der Waals surface area contributed by atoms with Crippen molar-refractivity contribution in [3.8, 4) is 0 Å². The molecule has 0 saturated heterocycles. The van der Waals surface area contributed by atoms with Crippen LogP contribution < -0.4 is 5.73 Å². The number of amides is 1. The van der Waals surface area contributed by atoms with Crippen molar-refractivity contribution in [1.82, 2.24) is 9.88 Å². The molecule has 2 aromatic rings. The van der Waals surface area contributed by atoms with E-state index in [2.05, 4.69) is 4.98 Å². The Morgan fingerprint density at radius 2 is 2.10 bits per heavy atom. The quantitative estimate of drug-likeness (QED) is 0.939. The van der Waals surface area contributed by atoms with Gasteiger partial charge < -0.3 is 10.6 Å². The average molecular weight is 324 g/mol. The van der Waals surface area contributed by atoms with Crippen LogP contribution in [-0.4, -0.2) is 22.8 Å². The van der Waals surface area contributed by atoms with Gasteiger partial charge in [0, 0.05) is 13.6 Å². The second-order valence-corrected chi connectivity index (χ2v) is 5.56. The number of pyridine rings is 1. The van der Waals surface area contributed by atoms with Crippen molar-refractivity contribution in [3.05, 3.63) is 57.3 Å². The summed E-state index contributed by atoms with van der Waals surface area (Å²) in [5.41, 5.74) is 8.05. The van der Waals surface area contributed by atoms with Gasteiger partial charge in [0.2, 0.25) is 0 Å². The summed E-state index contributed by atoms with van der Waals surface area (Å²) in [6.07, 6.45) is 1.53. The van der Waals surface area contributed by atoms with Crippen molar-refractivity contribution in [2.45, 2.75) is 13.5 Å². The monoisotopic (exact) mass is 323 g/mol. The van der Waals surface area contributed by atoms with Gasteiger partial charge in [-0.2, -0.15) is 0 Å². The Bertz CT molecular complexity index is 689. The molecular formula is C15H15Cl2N3O. The smallest absolute Gasteiger partial charge is 0.255 e. The number of anilines is 1. The molecule has 1 aromatic heterocycles. The first-order chi connectivity index (χ1) is 9.90. The number of aromatic nitrogens is 1. The number of aryl methyl sites for hydroxylation is 1. The van der Waals surface area contributed by atoms with Crippen LogP contribution >= 0.6 is 23.2 Å². The van der Waals surface area contributed by atoms with E-state index in [1.807, 2.05) is 6.07 Å². The van der Waals surface area contributed by atoms with Crippen molar-refractivity contribution in [1.29, 1.82) is 0 Å². The zero-order valence-electron chi connectivity index (χ0n) is 11.7. The maximum Gasteiger partial charge on any atom is 0.255 e. The molecule has 0 radical (unpaired) electrons. The third-order valence-electron chi connectivity index (χ3n) is 3.12. The second-order valence-electron chi connectivity index (χ2n) is 4.78. The van der Waals surface area contributed by atoms with E-state index >= 15 is 0 Å². The summed E-state index contributed by atoms with van der Waals surface area (Å²) in [6, 6.07) is 6.97. The highest BCUT2D eigenvalue weighted by Crippen LogP contribution is 2.26. The van der Waals surface area contributed by atoms with Crippen LogP contribution in [0.25, 0.3) is 0 Å². The number of nitrogens with two attached hydrogens (primary N) is 1. The Labute approximate surface area is 133 Å². The zero-order chi connectivity index (χ0) is 15.6. The summed E-state index contributed by atoms with van der Waals surface area (Å²) < 4.78 is 0. The molecule has 21 heavy (non-hydrogen) atoms. The minimum Gasteiger partial charge on any atom is -0.397 e. The summed E-state index contributed by atoms with van der Waals surface area (Å²) >= 11 is 12.1.